The number of ketones is 2. The summed E-state index contributed by atoms with van der Waals surface area (Å²) in [5, 5.41) is 2.94. The molecule has 1 aliphatic carbocycles. The first-order valence-corrected chi connectivity index (χ1v) is 9.07. The summed E-state index contributed by atoms with van der Waals surface area (Å²) in [7, 11) is -4.66. The molecule has 0 aliphatic heterocycles. The minimum absolute atomic E-state index is 0.0297. The van der Waals surface area contributed by atoms with Gasteiger partial charge in [0.1, 0.15) is 4.90 Å². The summed E-state index contributed by atoms with van der Waals surface area (Å²) < 4.78 is 32.7. The number of anilines is 2. The minimum Gasteiger partial charge on any atom is -0.397 e. The van der Waals surface area contributed by atoms with E-state index in [2.05, 4.69) is 5.32 Å². The predicted octanol–water partition coefficient (Wildman–Crippen LogP) is 2.11. The SMILES string of the molecule is CCCNc1cc(S(=O)(=O)O)c(N)c2c1C(=O)c1ccccc1C2=O. The van der Waals surface area contributed by atoms with Crippen LogP contribution >= 0.6 is 0 Å². The Hall–Kier alpha value is -2.71. The Morgan fingerprint density at radius 3 is 2.16 bits per heavy atom. The number of carbonyl (C=O) groups is 2. The Kier molecular flexibility index (Phi) is 4.09. The highest BCUT2D eigenvalue weighted by Gasteiger charge is 2.36. The second kappa shape index (κ2) is 5.98. The molecule has 3 rings (SSSR count). The first kappa shape index (κ1) is 17.1. The van der Waals surface area contributed by atoms with E-state index in [4.69, 9.17) is 5.73 Å². The summed E-state index contributed by atoms with van der Waals surface area (Å²) >= 11 is 0. The molecule has 8 heteroatoms. The smallest absolute Gasteiger partial charge is 0.296 e. The van der Waals surface area contributed by atoms with Crippen molar-refractivity contribution < 1.29 is 22.6 Å². The van der Waals surface area contributed by atoms with Gasteiger partial charge in [-0.1, -0.05) is 31.2 Å². The van der Waals surface area contributed by atoms with Crippen LogP contribution in [0.4, 0.5) is 11.4 Å². The van der Waals surface area contributed by atoms with Crippen molar-refractivity contribution in [3.8, 4) is 0 Å². The van der Waals surface area contributed by atoms with Gasteiger partial charge in [0, 0.05) is 23.4 Å². The van der Waals surface area contributed by atoms with Gasteiger partial charge >= 0.3 is 0 Å². The Balaban J connectivity index is 2.38. The molecule has 0 spiro atoms. The van der Waals surface area contributed by atoms with Crippen LogP contribution in [0.2, 0.25) is 0 Å². The number of benzene rings is 2. The molecule has 7 nitrogen and oxygen atoms in total. The third-order valence-electron chi connectivity index (χ3n) is 4.04. The molecule has 1 aliphatic rings. The highest BCUT2D eigenvalue weighted by Crippen LogP contribution is 2.38. The number of carbonyl (C=O) groups excluding carboxylic acids is 2. The van der Waals surface area contributed by atoms with E-state index in [0.717, 1.165) is 6.07 Å². The van der Waals surface area contributed by atoms with Gasteiger partial charge in [0.15, 0.2) is 11.6 Å². The van der Waals surface area contributed by atoms with Crippen molar-refractivity contribution in [3.63, 3.8) is 0 Å². The molecule has 4 N–H and O–H groups in total. The van der Waals surface area contributed by atoms with Gasteiger partial charge < -0.3 is 11.1 Å². The fourth-order valence-corrected chi connectivity index (χ4v) is 3.55. The molecule has 130 valence electrons. The van der Waals surface area contributed by atoms with Crippen molar-refractivity contribution in [1.29, 1.82) is 0 Å². The van der Waals surface area contributed by atoms with E-state index in [0.29, 0.717) is 13.0 Å². The van der Waals surface area contributed by atoms with Crippen LogP contribution in [0.3, 0.4) is 0 Å². The number of hydrogen-bond donors (Lipinski definition) is 3. The number of nitrogens with two attached hydrogens (primary N) is 1. The van der Waals surface area contributed by atoms with Gasteiger partial charge in [-0.05, 0) is 12.5 Å². The van der Waals surface area contributed by atoms with E-state index >= 15 is 0 Å². The Morgan fingerprint density at radius 2 is 1.64 bits per heavy atom. The number of nitrogens with one attached hydrogen (secondary N) is 1. The van der Waals surface area contributed by atoms with Crippen molar-refractivity contribution in [2.75, 3.05) is 17.6 Å². The molecule has 0 radical (unpaired) electrons. The number of rotatable bonds is 4. The highest BCUT2D eigenvalue weighted by molar-refractivity contribution is 7.86. The topological polar surface area (TPSA) is 127 Å². The first-order chi connectivity index (χ1) is 11.8. The van der Waals surface area contributed by atoms with Gasteiger partial charge in [0.25, 0.3) is 10.1 Å². The molecular formula is C17H16N2O5S. The molecule has 0 aromatic heterocycles. The van der Waals surface area contributed by atoms with Crippen LogP contribution in [0.5, 0.6) is 0 Å². The monoisotopic (exact) mass is 360 g/mol. The summed E-state index contributed by atoms with van der Waals surface area (Å²) in [4.78, 5) is 25.1. The molecule has 0 heterocycles. The molecule has 0 fully saturated rings. The van der Waals surface area contributed by atoms with Crippen molar-refractivity contribution in [1.82, 2.24) is 0 Å². The fourth-order valence-electron chi connectivity index (χ4n) is 2.91. The largest absolute Gasteiger partial charge is 0.397 e. The number of hydrogen-bond acceptors (Lipinski definition) is 6. The third kappa shape index (κ3) is 2.69. The van der Waals surface area contributed by atoms with E-state index in [9.17, 15) is 22.6 Å². The van der Waals surface area contributed by atoms with E-state index < -0.39 is 32.3 Å². The predicted molar refractivity (Wildman–Crippen MR) is 92.8 cm³/mol. The van der Waals surface area contributed by atoms with Crippen molar-refractivity contribution in [3.05, 3.63) is 52.6 Å². The first-order valence-electron chi connectivity index (χ1n) is 7.63. The summed E-state index contributed by atoms with van der Waals surface area (Å²) in [6.07, 6.45) is 0.707. The van der Waals surface area contributed by atoms with Gasteiger partial charge in [-0.25, -0.2) is 0 Å². The van der Waals surface area contributed by atoms with E-state index in [1.54, 1.807) is 12.1 Å². The average Bonchev–Trinajstić information content (AvgIpc) is 2.57. The lowest BCUT2D eigenvalue weighted by atomic mass is 9.82. The van der Waals surface area contributed by atoms with Crippen LogP contribution in [0.25, 0.3) is 0 Å². The molecule has 0 unspecified atom stereocenters. The normalized spacial score (nSPS) is 13.4. The maximum absolute atomic E-state index is 12.9. The second-order valence-corrected chi connectivity index (χ2v) is 7.08. The summed E-state index contributed by atoms with van der Waals surface area (Å²) in [6, 6.07) is 7.36. The Morgan fingerprint density at radius 1 is 1.08 bits per heavy atom. The summed E-state index contributed by atoms with van der Waals surface area (Å²) in [6.45, 7) is 2.34. The number of nitrogen functional groups attached to an aromatic ring is 1. The molecule has 0 bridgehead atoms. The van der Waals surface area contributed by atoms with Gasteiger partial charge in [-0.3, -0.25) is 14.1 Å². The van der Waals surface area contributed by atoms with Gasteiger partial charge in [-0.2, -0.15) is 8.42 Å². The molecule has 0 saturated carbocycles. The van der Waals surface area contributed by atoms with E-state index in [-0.39, 0.29) is 27.9 Å². The third-order valence-corrected chi connectivity index (χ3v) is 4.94. The van der Waals surface area contributed by atoms with Crippen LogP contribution in [-0.2, 0) is 10.1 Å². The molecule has 2 aromatic carbocycles. The average molecular weight is 360 g/mol. The molecule has 25 heavy (non-hydrogen) atoms. The zero-order valence-corrected chi connectivity index (χ0v) is 14.2. The van der Waals surface area contributed by atoms with E-state index in [1.165, 1.54) is 12.1 Å². The maximum Gasteiger partial charge on any atom is 0.296 e. The molecule has 0 saturated heterocycles. The van der Waals surface area contributed by atoms with Crippen LogP contribution in [0, 0.1) is 0 Å². The minimum atomic E-state index is -4.66. The summed E-state index contributed by atoms with van der Waals surface area (Å²) in [5.74, 6) is -0.967. The lowest BCUT2D eigenvalue weighted by Crippen LogP contribution is -2.25. The lowest BCUT2D eigenvalue weighted by Gasteiger charge is -2.23. The number of fused-ring (bicyclic) bond motifs is 2. The lowest BCUT2D eigenvalue weighted by molar-refractivity contribution is 0.0980. The highest BCUT2D eigenvalue weighted by atomic mass is 32.2. The maximum atomic E-state index is 12.9. The Bertz CT molecular complexity index is 1010. The molecule has 2 aromatic rings. The zero-order chi connectivity index (χ0) is 18.4. The van der Waals surface area contributed by atoms with Gasteiger partial charge in [-0.15, -0.1) is 0 Å². The summed E-state index contributed by atoms with van der Waals surface area (Å²) in [5.41, 5.74) is 5.81. The quantitative estimate of drug-likeness (QED) is 0.480. The van der Waals surface area contributed by atoms with Crippen molar-refractivity contribution in [2.45, 2.75) is 18.2 Å². The van der Waals surface area contributed by atoms with Gasteiger partial charge in [0.05, 0.1) is 16.8 Å². The van der Waals surface area contributed by atoms with Crippen molar-refractivity contribution >= 4 is 33.1 Å². The van der Waals surface area contributed by atoms with Crippen LogP contribution in [0.15, 0.2) is 35.2 Å². The van der Waals surface area contributed by atoms with Crippen molar-refractivity contribution in [2.24, 2.45) is 0 Å². The van der Waals surface area contributed by atoms with Crippen LogP contribution in [0.1, 0.15) is 45.2 Å². The second-order valence-electron chi connectivity index (χ2n) is 5.69. The molecular weight excluding hydrogens is 344 g/mol. The van der Waals surface area contributed by atoms with Crippen LogP contribution in [-0.4, -0.2) is 31.1 Å². The molecule has 0 amide bonds. The Labute approximate surface area is 144 Å². The zero-order valence-electron chi connectivity index (χ0n) is 13.4. The molecule has 0 atom stereocenters. The van der Waals surface area contributed by atoms with E-state index in [1.807, 2.05) is 6.92 Å². The fraction of sp³-hybridized carbons (Fsp3) is 0.176. The standard InChI is InChI=1S/C17H16N2O5S/c1-2-7-19-11-8-12(25(22,23)24)15(18)14-13(11)16(20)9-5-3-4-6-10(9)17(14)21/h3-6,8,19H,2,7,18H2,1H3,(H,22,23,24). The van der Waals surface area contributed by atoms with Crippen LogP contribution < -0.4 is 11.1 Å². The van der Waals surface area contributed by atoms with Gasteiger partial charge in [0.2, 0.25) is 0 Å².